The SMILES string of the molecule is Cc1cc(CN(Cc2cc(=O)c3ccccc3n2C)[C@H]2CCCN(c3ccncc3Br)C2)ccn1. The lowest BCUT2D eigenvalue weighted by Crippen LogP contribution is -2.48. The molecule has 1 fully saturated rings. The van der Waals surface area contributed by atoms with Crippen molar-refractivity contribution in [3.8, 4) is 0 Å². The molecule has 4 heterocycles. The Kier molecular flexibility index (Phi) is 6.97. The van der Waals surface area contributed by atoms with E-state index in [1.54, 1.807) is 0 Å². The van der Waals surface area contributed by atoms with Crippen molar-refractivity contribution in [2.24, 2.45) is 7.05 Å². The van der Waals surface area contributed by atoms with Crippen LogP contribution in [0, 0.1) is 6.92 Å². The Morgan fingerprint density at radius 2 is 1.97 bits per heavy atom. The van der Waals surface area contributed by atoms with Gasteiger partial charge in [-0.2, -0.15) is 0 Å². The van der Waals surface area contributed by atoms with Gasteiger partial charge in [0.05, 0.1) is 15.7 Å². The highest BCUT2D eigenvalue weighted by Crippen LogP contribution is 2.30. The molecule has 4 aromatic rings. The van der Waals surface area contributed by atoms with E-state index in [0.717, 1.165) is 59.2 Å². The van der Waals surface area contributed by atoms with Crippen LogP contribution in [-0.4, -0.2) is 38.6 Å². The molecule has 1 aromatic carbocycles. The fraction of sp³-hybridized carbons (Fsp3) is 0.321. The minimum Gasteiger partial charge on any atom is -0.369 e. The van der Waals surface area contributed by atoms with Crippen LogP contribution in [0.1, 0.15) is 29.8 Å². The second kappa shape index (κ2) is 10.3. The van der Waals surface area contributed by atoms with E-state index >= 15 is 0 Å². The number of pyridine rings is 3. The van der Waals surface area contributed by atoms with E-state index in [2.05, 4.69) is 65.5 Å². The van der Waals surface area contributed by atoms with Crippen LogP contribution in [0.3, 0.4) is 0 Å². The van der Waals surface area contributed by atoms with Crippen LogP contribution in [0.4, 0.5) is 5.69 Å². The first-order valence-corrected chi connectivity index (χ1v) is 12.9. The molecule has 1 saturated heterocycles. The molecule has 5 rings (SSSR count). The number of aryl methyl sites for hydroxylation is 2. The second-order valence-electron chi connectivity index (χ2n) is 9.36. The molecule has 7 heteroatoms. The van der Waals surface area contributed by atoms with E-state index in [1.165, 1.54) is 11.3 Å². The molecule has 1 atom stereocenters. The summed E-state index contributed by atoms with van der Waals surface area (Å²) in [5.41, 5.74) is 5.53. The van der Waals surface area contributed by atoms with Crippen LogP contribution < -0.4 is 10.3 Å². The highest BCUT2D eigenvalue weighted by molar-refractivity contribution is 9.10. The Labute approximate surface area is 214 Å². The van der Waals surface area contributed by atoms with E-state index in [4.69, 9.17) is 0 Å². The molecule has 35 heavy (non-hydrogen) atoms. The molecule has 0 saturated carbocycles. The summed E-state index contributed by atoms with van der Waals surface area (Å²) >= 11 is 3.68. The maximum absolute atomic E-state index is 12.9. The van der Waals surface area contributed by atoms with Crippen LogP contribution in [-0.2, 0) is 20.1 Å². The third kappa shape index (κ3) is 5.16. The number of benzene rings is 1. The predicted molar refractivity (Wildman–Crippen MR) is 145 cm³/mol. The quantitative estimate of drug-likeness (QED) is 0.347. The van der Waals surface area contributed by atoms with Crippen molar-refractivity contribution in [1.29, 1.82) is 0 Å². The normalized spacial score (nSPS) is 16.2. The molecule has 0 spiro atoms. The Balaban J connectivity index is 1.49. The third-order valence-electron chi connectivity index (χ3n) is 6.98. The largest absolute Gasteiger partial charge is 0.369 e. The maximum Gasteiger partial charge on any atom is 0.189 e. The molecular formula is C28H30BrN5O. The fourth-order valence-corrected chi connectivity index (χ4v) is 5.66. The summed E-state index contributed by atoms with van der Waals surface area (Å²) in [5, 5.41) is 0.765. The van der Waals surface area contributed by atoms with Gasteiger partial charge in [-0.1, -0.05) is 12.1 Å². The van der Waals surface area contributed by atoms with Gasteiger partial charge in [0.25, 0.3) is 0 Å². The smallest absolute Gasteiger partial charge is 0.189 e. The van der Waals surface area contributed by atoms with Crippen molar-refractivity contribution >= 4 is 32.5 Å². The van der Waals surface area contributed by atoms with Crippen LogP contribution in [0.2, 0.25) is 0 Å². The van der Waals surface area contributed by atoms with Gasteiger partial charge >= 0.3 is 0 Å². The zero-order chi connectivity index (χ0) is 24.4. The van der Waals surface area contributed by atoms with Gasteiger partial charge in [-0.25, -0.2) is 0 Å². The summed E-state index contributed by atoms with van der Waals surface area (Å²) < 4.78 is 3.19. The van der Waals surface area contributed by atoms with Crippen LogP contribution in [0.25, 0.3) is 10.9 Å². The molecule has 3 aromatic heterocycles. The average Bonchev–Trinajstić information content (AvgIpc) is 2.87. The van der Waals surface area contributed by atoms with E-state index in [-0.39, 0.29) is 5.43 Å². The monoisotopic (exact) mass is 531 g/mol. The van der Waals surface area contributed by atoms with Gasteiger partial charge in [-0.15, -0.1) is 0 Å². The number of anilines is 1. The third-order valence-corrected chi connectivity index (χ3v) is 7.59. The van der Waals surface area contributed by atoms with Gasteiger partial charge < -0.3 is 9.47 Å². The number of halogens is 1. The number of aromatic nitrogens is 3. The zero-order valence-electron chi connectivity index (χ0n) is 20.2. The molecule has 0 aliphatic carbocycles. The van der Waals surface area contributed by atoms with Crippen molar-refractivity contribution in [3.63, 3.8) is 0 Å². The zero-order valence-corrected chi connectivity index (χ0v) is 21.8. The predicted octanol–water partition coefficient (Wildman–Crippen LogP) is 5.07. The van der Waals surface area contributed by atoms with Crippen molar-refractivity contribution in [1.82, 2.24) is 19.4 Å². The molecule has 180 valence electrons. The highest BCUT2D eigenvalue weighted by atomic mass is 79.9. The molecule has 0 radical (unpaired) electrons. The second-order valence-corrected chi connectivity index (χ2v) is 10.2. The van der Waals surface area contributed by atoms with Crippen molar-refractivity contribution < 1.29 is 0 Å². The van der Waals surface area contributed by atoms with Crippen molar-refractivity contribution in [2.75, 3.05) is 18.0 Å². The molecular weight excluding hydrogens is 502 g/mol. The first-order chi connectivity index (χ1) is 17.0. The number of hydrogen-bond acceptors (Lipinski definition) is 5. The lowest BCUT2D eigenvalue weighted by Gasteiger charge is -2.41. The summed E-state index contributed by atoms with van der Waals surface area (Å²) in [4.78, 5) is 26.5. The average molecular weight is 532 g/mol. The topological polar surface area (TPSA) is 54.3 Å². The van der Waals surface area contributed by atoms with Crippen LogP contribution >= 0.6 is 15.9 Å². The minimum atomic E-state index is 0.0828. The Morgan fingerprint density at radius 3 is 2.80 bits per heavy atom. The first kappa shape index (κ1) is 23.7. The Hall–Kier alpha value is -3.03. The summed E-state index contributed by atoms with van der Waals surface area (Å²) in [5.74, 6) is 0. The number of piperidine rings is 1. The van der Waals surface area contributed by atoms with E-state index in [1.807, 2.05) is 55.8 Å². The number of fused-ring (bicyclic) bond motifs is 1. The lowest BCUT2D eigenvalue weighted by molar-refractivity contribution is 0.155. The molecule has 0 unspecified atom stereocenters. The first-order valence-electron chi connectivity index (χ1n) is 12.1. The van der Waals surface area contributed by atoms with Crippen molar-refractivity contribution in [3.05, 3.63) is 98.8 Å². The van der Waals surface area contributed by atoms with Crippen LogP contribution in [0.5, 0.6) is 0 Å². The molecule has 6 nitrogen and oxygen atoms in total. The van der Waals surface area contributed by atoms with E-state index in [0.29, 0.717) is 12.6 Å². The molecule has 0 N–H and O–H groups in total. The number of para-hydroxylation sites is 1. The van der Waals surface area contributed by atoms with Gasteiger partial charge in [-0.05, 0) is 71.6 Å². The molecule has 1 aliphatic heterocycles. The fourth-order valence-electron chi connectivity index (χ4n) is 5.16. The summed E-state index contributed by atoms with van der Waals surface area (Å²) in [6.45, 7) is 5.49. The number of rotatable bonds is 6. The Morgan fingerprint density at radius 1 is 1.11 bits per heavy atom. The highest BCUT2D eigenvalue weighted by Gasteiger charge is 2.27. The summed E-state index contributed by atoms with van der Waals surface area (Å²) in [6.07, 6.45) is 7.83. The lowest BCUT2D eigenvalue weighted by atomic mass is 10.0. The van der Waals surface area contributed by atoms with Crippen LogP contribution in [0.15, 0.2) is 76.4 Å². The minimum absolute atomic E-state index is 0.0828. The van der Waals surface area contributed by atoms with Gasteiger partial charge in [0.15, 0.2) is 5.43 Å². The van der Waals surface area contributed by atoms with Gasteiger partial charge in [0, 0.05) is 80.7 Å². The van der Waals surface area contributed by atoms with Gasteiger partial charge in [0.1, 0.15) is 0 Å². The van der Waals surface area contributed by atoms with Crippen molar-refractivity contribution in [2.45, 2.75) is 38.9 Å². The summed E-state index contributed by atoms with van der Waals surface area (Å²) in [6, 6.07) is 16.3. The number of hydrogen-bond donors (Lipinski definition) is 0. The Bertz CT molecular complexity index is 1400. The standard InChI is InChI=1S/C28H30BrN5O/c1-20-14-21(9-12-31-20)17-34(19-23-15-28(35)24-7-3-4-8-26(24)32(23)2)22-6-5-13-33(18-22)27-10-11-30-16-25(27)29/h3-4,7-12,14-16,22H,5-6,13,17-19H2,1-2H3/t22-/m0/s1. The molecule has 0 bridgehead atoms. The molecule has 1 aliphatic rings. The van der Waals surface area contributed by atoms with Gasteiger partial charge in [-0.3, -0.25) is 19.7 Å². The van der Waals surface area contributed by atoms with Gasteiger partial charge in [0.2, 0.25) is 0 Å². The van der Waals surface area contributed by atoms with E-state index < -0.39 is 0 Å². The van der Waals surface area contributed by atoms with E-state index in [9.17, 15) is 4.79 Å². The summed E-state index contributed by atoms with van der Waals surface area (Å²) in [7, 11) is 2.06. The maximum atomic E-state index is 12.9. The number of nitrogens with zero attached hydrogens (tertiary/aromatic N) is 5. The molecule has 0 amide bonds.